The lowest BCUT2D eigenvalue weighted by Crippen LogP contribution is -2.09. The number of aryl methyl sites for hydroxylation is 1. The fourth-order valence-electron chi connectivity index (χ4n) is 8.99. The Kier molecular flexibility index (Phi) is 7.32. The standard InChI is InChI=1S/C54H35NO3/c1-4-19-49-43(10-1)46-16-7-13-40(52(46)56-49)34-22-28-37(29-23-34)55(38-30-24-35(25-31-38)41-14-8-17-47-44-11-2-5-20-50(44)57-53(41)47)39-32-26-36(27-33-39)42-15-9-18-48-45-12-3-6-21-51(45)58-54(42)48/h1-2,4-11,13-33H,3,12H2. The molecule has 4 heteroatoms. The van der Waals surface area contributed by atoms with Crippen molar-refractivity contribution in [2.45, 2.75) is 12.8 Å². The average molecular weight is 746 g/mol. The van der Waals surface area contributed by atoms with Gasteiger partial charge in [0.2, 0.25) is 0 Å². The Labute approximate surface area is 334 Å². The van der Waals surface area contributed by atoms with E-state index in [0.717, 1.165) is 119 Å². The monoisotopic (exact) mass is 745 g/mol. The van der Waals surface area contributed by atoms with Gasteiger partial charge in [0.25, 0.3) is 0 Å². The summed E-state index contributed by atoms with van der Waals surface area (Å²) < 4.78 is 19.3. The fraction of sp³-hybridized carbons (Fsp3) is 0.0370. The van der Waals surface area contributed by atoms with Crippen LogP contribution in [-0.2, 0) is 6.42 Å². The maximum atomic E-state index is 6.46. The molecule has 58 heavy (non-hydrogen) atoms. The van der Waals surface area contributed by atoms with Crippen LogP contribution in [0.25, 0.3) is 94.3 Å². The van der Waals surface area contributed by atoms with Gasteiger partial charge in [-0.1, -0.05) is 133 Å². The van der Waals surface area contributed by atoms with E-state index in [2.05, 4.69) is 169 Å². The maximum Gasteiger partial charge on any atom is 0.143 e. The molecule has 0 N–H and O–H groups in total. The van der Waals surface area contributed by atoms with Crippen LogP contribution >= 0.6 is 0 Å². The van der Waals surface area contributed by atoms with Gasteiger partial charge in [0, 0.05) is 66.2 Å². The molecule has 0 aliphatic heterocycles. The molecule has 3 aromatic heterocycles. The molecule has 0 saturated carbocycles. The lowest BCUT2D eigenvalue weighted by molar-refractivity contribution is 0.596. The SMILES string of the molecule is C1=Cc2oc3c(-c4ccc(N(c5ccc(-c6cccc7c6oc6ccccc67)cc5)c5ccc(-c6cccc7c6oc6ccccc67)cc5)cc4)cccc3c2CC1. The molecule has 0 bridgehead atoms. The van der Waals surface area contributed by atoms with Gasteiger partial charge in [0.05, 0.1) is 0 Å². The van der Waals surface area contributed by atoms with Gasteiger partial charge < -0.3 is 18.2 Å². The molecule has 4 nitrogen and oxygen atoms in total. The largest absolute Gasteiger partial charge is 0.456 e. The van der Waals surface area contributed by atoms with E-state index in [4.69, 9.17) is 13.3 Å². The van der Waals surface area contributed by atoms with Gasteiger partial charge in [-0.3, -0.25) is 0 Å². The molecule has 0 atom stereocenters. The average Bonchev–Trinajstić information content (AvgIpc) is 3.99. The third kappa shape index (κ3) is 5.15. The van der Waals surface area contributed by atoms with Gasteiger partial charge in [-0.25, -0.2) is 0 Å². The Morgan fingerprint density at radius 3 is 1.26 bits per heavy atom. The first-order valence-corrected chi connectivity index (χ1v) is 19.9. The smallest absolute Gasteiger partial charge is 0.143 e. The van der Waals surface area contributed by atoms with E-state index in [0.29, 0.717) is 0 Å². The Hall–Kier alpha value is -7.56. The van der Waals surface area contributed by atoms with Gasteiger partial charge in [-0.05, 0) is 84.1 Å². The predicted molar refractivity (Wildman–Crippen MR) is 239 cm³/mol. The number of rotatable bonds is 6. The van der Waals surface area contributed by atoms with Crippen LogP contribution < -0.4 is 4.90 Å². The molecular formula is C54H35NO3. The summed E-state index contributed by atoms with van der Waals surface area (Å²) in [5.41, 5.74) is 15.6. The van der Waals surface area contributed by atoms with Crippen molar-refractivity contribution in [2.75, 3.05) is 4.90 Å². The highest BCUT2D eigenvalue weighted by molar-refractivity contribution is 6.10. The Morgan fingerprint density at radius 1 is 0.362 bits per heavy atom. The van der Waals surface area contributed by atoms with E-state index in [1.165, 1.54) is 10.9 Å². The summed E-state index contributed by atoms with van der Waals surface area (Å²) in [5, 5.41) is 5.72. The molecule has 8 aromatic carbocycles. The molecule has 1 aliphatic carbocycles. The number of hydrogen-bond donors (Lipinski definition) is 0. The van der Waals surface area contributed by atoms with Crippen LogP contribution in [0.1, 0.15) is 17.7 Å². The van der Waals surface area contributed by atoms with Gasteiger partial charge in [0.15, 0.2) is 0 Å². The Balaban J connectivity index is 0.953. The summed E-state index contributed by atoms with van der Waals surface area (Å²) in [5.74, 6) is 0.983. The normalized spacial score (nSPS) is 12.6. The molecule has 3 heterocycles. The number of furan rings is 3. The molecule has 0 saturated heterocycles. The molecule has 274 valence electrons. The van der Waals surface area contributed by atoms with Crippen molar-refractivity contribution in [2.24, 2.45) is 0 Å². The highest BCUT2D eigenvalue weighted by Gasteiger charge is 2.20. The summed E-state index contributed by atoms with van der Waals surface area (Å²) in [7, 11) is 0. The van der Waals surface area contributed by atoms with E-state index in [1.807, 2.05) is 24.3 Å². The van der Waals surface area contributed by atoms with Crippen LogP contribution in [0.4, 0.5) is 17.1 Å². The lowest BCUT2D eigenvalue weighted by atomic mass is 9.97. The molecular weight excluding hydrogens is 711 g/mol. The zero-order valence-corrected chi connectivity index (χ0v) is 31.5. The number of hydrogen-bond acceptors (Lipinski definition) is 4. The van der Waals surface area contributed by atoms with Crippen molar-refractivity contribution in [3.8, 4) is 33.4 Å². The predicted octanol–water partition coefficient (Wildman–Crippen LogP) is 15.7. The molecule has 0 amide bonds. The minimum absolute atomic E-state index is 0.899. The summed E-state index contributed by atoms with van der Waals surface area (Å²) in [6.45, 7) is 0. The van der Waals surface area contributed by atoms with Crippen LogP contribution in [0.2, 0.25) is 0 Å². The molecule has 0 unspecified atom stereocenters. The van der Waals surface area contributed by atoms with Crippen LogP contribution in [0.15, 0.2) is 195 Å². The zero-order valence-electron chi connectivity index (χ0n) is 31.5. The third-order valence-electron chi connectivity index (χ3n) is 11.8. The molecule has 0 fully saturated rings. The number of allylic oxidation sites excluding steroid dienone is 1. The first kappa shape index (κ1) is 32.7. The number of benzene rings is 8. The first-order valence-electron chi connectivity index (χ1n) is 19.9. The molecule has 1 aliphatic rings. The number of fused-ring (bicyclic) bond motifs is 9. The van der Waals surface area contributed by atoms with Crippen LogP contribution in [0, 0.1) is 0 Å². The van der Waals surface area contributed by atoms with E-state index >= 15 is 0 Å². The van der Waals surface area contributed by atoms with E-state index < -0.39 is 0 Å². The topological polar surface area (TPSA) is 42.7 Å². The fourth-order valence-corrected chi connectivity index (χ4v) is 8.99. The highest BCUT2D eigenvalue weighted by Crippen LogP contribution is 2.43. The second kappa shape index (κ2) is 13.0. The van der Waals surface area contributed by atoms with Gasteiger partial charge >= 0.3 is 0 Å². The molecule has 11 aromatic rings. The van der Waals surface area contributed by atoms with Crippen molar-refractivity contribution in [1.29, 1.82) is 0 Å². The Morgan fingerprint density at radius 2 is 0.776 bits per heavy atom. The van der Waals surface area contributed by atoms with Crippen molar-refractivity contribution >= 4 is 78.0 Å². The van der Waals surface area contributed by atoms with Gasteiger partial charge in [-0.2, -0.15) is 0 Å². The summed E-state index contributed by atoms with van der Waals surface area (Å²) in [6, 6.07) is 62.2. The summed E-state index contributed by atoms with van der Waals surface area (Å²) >= 11 is 0. The van der Waals surface area contributed by atoms with E-state index in [1.54, 1.807) is 0 Å². The zero-order chi connectivity index (χ0) is 38.2. The van der Waals surface area contributed by atoms with Crippen LogP contribution in [-0.4, -0.2) is 0 Å². The third-order valence-corrected chi connectivity index (χ3v) is 11.8. The maximum absolute atomic E-state index is 6.46. The highest BCUT2D eigenvalue weighted by atomic mass is 16.3. The second-order valence-corrected chi connectivity index (χ2v) is 15.1. The van der Waals surface area contributed by atoms with Crippen LogP contribution in [0.3, 0.4) is 0 Å². The number of para-hydroxylation sites is 5. The van der Waals surface area contributed by atoms with Crippen molar-refractivity contribution in [1.82, 2.24) is 0 Å². The number of nitrogens with zero attached hydrogens (tertiary/aromatic N) is 1. The lowest BCUT2D eigenvalue weighted by Gasteiger charge is -2.26. The first-order chi connectivity index (χ1) is 28.7. The Bertz CT molecular complexity index is 3220. The molecule has 0 radical (unpaired) electrons. The van der Waals surface area contributed by atoms with Gasteiger partial charge in [0.1, 0.15) is 33.7 Å². The van der Waals surface area contributed by atoms with Crippen molar-refractivity contribution in [3.05, 3.63) is 193 Å². The van der Waals surface area contributed by atoms with Gasteiger partial charge in [-0.15, -0.1) is 0 Å². The second-order valence-electron chi connectivity index (χ2n) is 15.1. The number of anilines is 3. The molecule has 12 rings (SSSR count). The van der Waals surface area contributed by atoms with Crippen molar-refractivity contribution in [3.63, 3.8) is 0 Å². The minimum atomic E-state index is 0.899. The minimum Gasteiger partial charge on any atom is -0.456 e. The van der Waals surface area contributed by atoms with Crippen molar-refractivity contribution < 1.29 is 13.3 Å². The summed E-state index contributed by atoms with van der Waals surface area (Å²) in [4.78, 5) is 2.32. The van der Waals surface area contributed by atoms with E-state index in [9.17, 15) is 0 Å². The summed E-state index contributed by atoms with van der Waals surface area (Å²) in [6.07, 6.45) is 6.37. The van der Waals surface area contributed by atoms with E-state index in [-0.39, 0.29) is 0 Å². The van der Waals surface area contributed by atoms with Crippen LogP contribution in [0.5, 0.6) is 0 Å². The quantitative estimate of drug-likeness (QED) is 0.170. The molecule has 0 spiro atoms.